The highest BCUT2D eigenvalue weighted by atomic mass is 16.2. The summed E-state index contributed by atoms with van der Waals surface area (Å²) in [6, 6.07) is 22.5. The van der Waals surface area contributed by atoms with E-state index < -0.39 is 0 Å². The van der Waals surface area contributed by atoms with Gasteiger partial charge in [-0.05, 0) is 36.8 Å². The molecule has 1 aromatic heterocycles. The van der Waals surface area contributed by atoms with Crippen LogP contribution in [0.25, 0.3) is 21.8 Å². The van der Waals surface area contributed by atoms with Gasteiger partial charge in [0, 0.05) is 10.8 Å². The monoisotopic (exact) mass is 369 g/mol. The van der Waals surface area contributed by atoms with Gasteiger partial charge < -0.3 is 4.57 Å². The maximum absolute atomic E-state index is 12.7. The normalized spacial score (nSPS) is 11.3. The number of benzene rings is 3. The quantitative estimate of drug-likeness (QED) is 0.339. The van der Waals surface area contributed by atoms with Gasteiger partial charge in [-0.1, -0.05) is 54.1 Å². The molecule has 5 heteroatoms. The lowest BCUT2D eigenvalue weighted by atomic mass is 10.1. The molecule has 0 aliphatic rings. The Hall–Kier alpha value is -3.73. The number of nitrogens with one attached hydrogen (secondary N) is 1. The molecule has 28 heavy (non-hydrogen) atoms. The SMILES string of the molecule is Cc1ccc(/C=N\NC(=O)Cn2c3ccccc3c(=O)c3ccccc32)cc1. The van der Waals surface area contributed by atoms with Crippen molar-refractivity contribution in [3.05, 3.63) is 94.1 Å². The fraction of sp³-hybridized carbons (Fsp3) is 0.0870. The van der Waals surface area contributed by atoms with Gasteiger partial charge in [-0.2, -0.15) is 5.10 Å². The second-order valence-corrected chi connectivity index (χ2v) is 6.65. The van der Waals surface area contributed by atoms with Gasteiger partial charge in [0.05, 0.1) is 17.2 Å². The number of hydrazone groups is 1. The molecular formula is C23H19N3O2. The molecule has 138 valence electrons. The Morgan fingerprint density at radius 1 is 0.929 bits per heavy atom. The fourth-order valence-corrected chi connectivity index (χ4v) is 3.26. The lowest BCUT2D eigenvalue weighted by molar-refractivity contribution is -0.121. The summed E-state index contributed by atoms with van der Waals surface area (Å²) in [6.07, 6.45) is 1.61. The first-order valence-corrected chi connectivity index (χ1v) is 9.02. The highest BCUT2D eigenvalue weighted by Crippen LogP contribution is 2.18. The lowest BCUT2D eigenvalue weighted by Gasteiger charge is -2.14. The van der Waals surface area contributed by atoms with Crippen molar-refractivity contribution in [3.63, 3.8) is 0 Å². The Kier molecular flexibility index (Phi) is 4.72. The second kappa shape index (κ2) is 7.48. The summed E-state index contributed by atoms with van der Waals surface area (Å²) in [4.78, 5) is 25.2. The molecular weight excluding hydrogens is 350 g/mol. The Balaban J connectivity index is 1.65. The molecule has 0 unspecified atom stereocenters. The van der Waals surface area contributed by atoms with Crippen molar-refractivity contribution >= 4 is 33.9 Å². The summed E-state index contributed by atoms with van der Waals surface area (Å²) in [5.41, 5.74) is 6.07. The van der Waals surface area contributed by atoms with Gasteiger partial charge >= 0.3 is 0 Å². The fourth-order valence-electron chi connectivity index (χ4n) is 3.26. The average molecular weight is 369 g/mol. The van der Waals surface area contributed by atoms with Crippen molar-refractivity contribution in [3.8, 4) is 0 Å². The number of aryl methyl sites for hydroxylation is 1. The number of aromatic nitrogens is 1. The largest absolute Gasteiger partial charge is 0.331 e. The first kappa shape index (κ1) is 17.7. The number of para-hydroxylation sites is 2. The number of hydrogen-bond acceptors (Lipinski definition) is 3. The van der Waals surface area contributed by atoms with E-state index in [1.54, 1.807) is 18.3 Å². The molecule has 0 atom stereocenters. The number of nitrogens with zero attached hydrogens (tertiary/aromatic N) is 2. The third-order valence-corrected chi connectivity index (χ3v) is 4.66. The van der Waals surface area contributed by atoms with Gasteiger partial charge in [-0.25, -0.2) is 5.43 Å². The molecule has 0 fully saturated rings. The Morgan fingerprint density at radius 2 is 1.50 bits per heavy atom. The smallest absolute Gasteiger partial charge is 0.260 e. The number of pyridine rings is 1. The van der Waals surface area contributed by atoms with Gasteiger partial charge in [-0.15, -0.1) is 0 Å². The van der Waals surface area contributed by atoms with Gasteiger partial charge in [-0.3, -0.25) is 9.59 Å². The maximum atomic E-state index is 12.7. The van der Waals surface area contributed by atoms with Gasteiger partial charge in [0.2, 0.25) is 0 Å². The van der Waals surface area contributed by atoms with Gasteiger partial charge in [0.1, 0.15) is 6.54 Å². The Morgan fingerprint density at radius 3 is 2.11 bits per heavy atom. The molecule has 0 saturated heterocycles. The zero-order chi connectivity index (χ0) is 19.5. The van der Waals surface area contributed by atoms with Crippen LogP contribution in [-0.2, 0) is 11.3 Å². The van der Waals surface area contributed by atoms with Crippen LogP contribution < -0.4 is 10.9 Å². The van der Waals surface area contributed by atoms with E-state index in [-0.39, 0.29) is 17.9 Å². The molecule has 4 rings (SSSR count). The minimum Gasteiger partial charge on any atom is -0.331 e. The van der Waals surface area contributed by atoms with Crippen LogP contribution in [-0.4, -0.2) is 16.7 Å². The zero-order valence-electron chi connectivity index (χ0n) is 15.4. The van der Waals surface area contributed by atoms with Crippen LogP contribution >= 0.6 is 0 Å². The summed E-state index contributed by atoms with van der Waals surface area (Å²) in [5, 5.41) is 5.23. The standard InChI is InChI=1S/C23H19N3O2/c1-16-10-12-17(13-11-16)14-24-25-22(27)15-26-20-8-4-2-6-18(20)23(28)19-7-3-5-9-21(19)26/h2-14H,15H2,1H3,(H,25,27)/b24-14-. The van der Waals surface area contributed by atoms with E-state index in [1.165, 1.54) is 0 Å². The molecule has 4 aromatic rings. The van der Waals surface area contributed by atoms with Crippen LogP contribution in [0.15, 0.2) is 82.7 Å². The van der Waals surface area contributed by atoms with Crippen LogP contribution in [0.4, 0.5) is 0 Å². The number of fused-ring (bicyclic) bond motifs is 2. The van der Waals surface area contributed by atoms with Crippen LogP contribution in [0.2, 0.25) is 0 Å². The topological polar surface area (TPSA) is 63.5 Å². The van der Waals surface area contributed by atoms with Crippen LogP contribution in [0.1, 0.15) is 11.1 Å². The van der Waals surface area contributed by atoms with E-state index in [0.29, 0.717) is 10.8 Å². The molecule has 0 spiro atoms. The average Bonchev–Trinajstić information content (AvgIpc) is 2.72. The van der Waals surface area contributed by atoms with E-state index in [9.17, 15) is 9.59 Å². The molecule has 1 amide bonds. The molecule has 5 nitrogen and oxygen atoms in total. The third-order valence-electron chi connectivity index (χ3n) is 4.66. The highest BCUT2D eigenvalue weighted by molar-refractivity contribution is 5.95. The van der Waals surface area contributed by atoms with E-state index >= 15 is 0 Å². The van der Waals surface area contributed by atoms with Crippen molar-refractivity contribution in [2.24, 2.45) is 5.10 Å². The van der Waals surface area contributed by atoms with Crippen molar-refractivity contribution in [2.45, 2.75) is 13.5 Å². The van der Waals surface area contributed by atoms with E-state index in [1.807, 2.05) is 72.2 Å². The Bertz CT molecular complexity index is 1190. The Labute approximate surface area is 161 Å². The number of amides is 1. The molecule has 0 aliphatic heterocycles. The second-order valence-electron chi connectivity index (χ2n) is 6.65. The summed E-state index contributed by atoms with van der Waals surface area (Å²) in [7, 11) is 0. The number of hydrogen-bond donors (Lipinski definition) is 1. The maximum Gasteiger partial charge on any atom is 0.260 e. The van der Waals surface area contributed by atoms with Crippen LogP contribution in [0.5, 0.6) is 0 Å². The molecule has 0 aliphatic carbocycles. The van der Waals surface area contributed by atoms with Crippen molar-refractivity contribution in [1.29, 1.82) is 0 Å². The highest BCUT2D eigenvalue weighted by Gasteiger charge is 2.12. The summed E-state index contributed by atoms with van der Waals surface area (Å²) in [5.74, 6) is -0.262. The van der Waals surface area contributed by atoms with Crippen molar-refractivity contribution < 1.29 is 4.79 Å². The van der Waals surface area contributed by atoms with Crippen LogP contribution in [0.3, 0.4) is 0 Å². The number of carbonyl (C=O) groups excluding carboxylic acids is 1. The molecule has 0 saturated carbocycles. The third kappa shape index (κ3) is 3.42. The first-order chi connectivity index (χ1) is 13.6. The molecule has 0 bridgehead atoms. The zero-order valence-corrected chi connectivity index (χ0v) is 15.4. The van der Waals surface area contributed by atoms with E-state index in [0.717, 1.165) is 22.2 Å². The minimum absolute atomic E-state index is 0.0275. The minimum atomic E-state index is -0.262. The van der Waals surface area contributed by atoms with Crippen LogP contribution in [0, 0.1) is 6.92 Å². The van der Waals surface area contributed by atoms with Gasteiger partial charge in [0.15, 0.2) is 5.43 Å². The van der Waals surface area contributed by atoms with Crippen molar-refractivity contribution in [2.75, 3.05) is 0 Å². The molecule has 0 radical (unpaired) electrons. The summed E-state index contributed by atoms with van der Waals surface area (Å²) < 4.78 is 1.85. The predicted octanol–water partition coefficient (Wildman–Crippen LogP) is 3.61. The van der Waals surface area contributed by atoms with Crippen molar-refractivity contribution in [1.82, 2.24) is 9.99 Å². The number of carbonyl (C=O) groups is 1. The first-order valence-electron chi connectivity index (χ1n) is 9.02. The van der Waals surface area contributed by atoms with E-state index in [2.05, 4.69) is 10.5 Å². The molecule has 3 aromatic carbocycles. The molecule has 1 N–H and O–H groups in total. The predicted molar refractivity (Wildman–Crippen MR) is 113 cm³/mol. The van der Waals surface area contributed by atoms with E-state index in [4.69, 9.17) is 0 Å². The molecule has 1 heterocycles. The summed E-state index contributed by atoms with van der Waals surface area (Å²) >= 11 is 0. The summed E-state index contributed by atoms with van der Waals surface area (Å²) in [6.45, 7) is 2.08. The lowest BCUT2D eigenvalue weighted by Crippen LogP contribution is -2.25. The number of rotatable bonds is 4. The van der Waals surface area contributed by atoms with Gasteiger partial charge in [0.25, 0.3) is 5.91 Å².